The zero-order valence-corrected chi connectivity index (χ0v) is 11.7. The minimum absolute atomic E-state index is 0.0490. The van der Waals surface area contributed by atoms with Crippen LogP contribution >= 0.6 is 11.3 Å². The highest BCUT2D eigenvalue weighted by molar-refractivity contribution is 7.07. The Hall–Kier alpha value is -2.27. The number of hydrogen-bond acceptors (Lipinski definition) is 4. The average Bonchev–Trinajstić information content (AvgIpc) is 3.07. The molecule has 0 radical (unpaired) electrons. The third-order valence-electron chi connectivity index (χ3n) is 3.15. The van der Waals surface area contributed by atoms with Crippen molar-refractivity contribution in [3.8, 4) is 0 Å². The molecule has 0 aliphatic heterocycles. The van der Waals surface area contributed by atoms with E-state index in [1.165, 1.54) is 0 Å². The smallest absolute Gasteiger partial charge is 0.287 e. The Morgan fingerprint density at radius 2 is 2.20 bits per heavy atom. The number of benzene rings is 1. The van der Waals surface area contributed by atoms with Crippen LogP contribution in [0.15, 0.2) is 45.5 Å². The number of furan rings is 1. The van der Waals surface area contributed by atoms with Gasteiger partial charge in [0.2, 0.25) is 0 Å². The summed E-state index contributed by atoms with van der Waals surface area (Å²) in [5, 5.41) is 7.75. The Kier molecular flexibility index (Phi) is 3.20. The number of fused-ring (bicyclic) bond motifs is 1. The van der Waals surface area contributed by atoms with Gasteiger partial charge in [-0.05, 0) is 53.6 Å². The zero-order chi connectivity index (χ0) is 14.1. The number of carbonyl (C=O) groups excluding carboxylic acids is 1. The van der Waals surface area contributed by atoms with Crippen LogP contribution in [0.1, 0.15) is 29.1 Å². The molecule has 1 atom stereocenters. The zero-order valence-electron chi connectivity index (χ0n) is 10.9. The summed E-state index contributed by atoms with van der Waals surface area (Å²) in [7, 11) is 0. The van der Waals surface area contributed by atoms with Crippen molar-refractivity contribution in [3.63, 3.8) is 0 Å². The van der Waals surface area contributed by atoms with Gasteiger partial charge in [0.15, 0.2) is 5.76 Å². The van der Waals surface area contributed by atoms with Crippen molar-refractivity contribution in [1.29, 1.82) is 0 Å². The van der Waals surface area contributed by atoms with Crippen molar-refractivity contribution in [2.75, 3.05) is 5.73 Å². The highest BCUT2D eigenvalue weighted by Crippen LogP contribution is 2.22. The Bertz CT molecular complexity index is 746. The maximum atomic E-state index is 12.2. The number of thiophene rings is 1. The maximum Gasteiger partial charge on any atom is 0.287 e. The van der Waals surface area contributed by atoms with E-state index in [9.17, 15) is 4.79 Å². The molecule has 0 aliphatic rings. The number of amides is 1. The number of rotatable bonds is 3. The molecule has 3 rings (SSSR count). The molecule has 3 aromatic rings. The number of nitrogens with one attached hydrogen (secondary N) is 1. The number of nitrogen functional groups attached to an aromatic ring is 1. The van der Waals surface area contributed by atoms with E-state index < -0.39 is 0 Å². The van der Waals surface area contributed by atoms with Crippen molar-refractivity contribution in [1.82, 2.24) is 5.32 Å². The van der Waals surface area contributed by atoms with Crippen LogP contribution in [0.3, 0.4) is 0 Å². The third kappa shape index (κ3) is 2.40. The quantitative estimate of drug-likeness (QED) is 0.723. The van der Waals surface area contributed by atoms with Crippen LogP contribution in [-0.2, 0) is 0 Å². The van der Waals surface area contributed by atoms with E-state index in [1.807, 2.05) is 23.8 Å². The molecule has 0 fully saturated rings. The molecular formula is C15H14N2O2S. The van der Waals surface area contributed by atoms with Gasteiger partial charge in [-0.3, -0.25) is 4.79 Å². The molecule has 0 aliphatic carbocycles. The average molecular weight is 286 g/mol. The molecule has 2 heterocycles. The highest BCUT2D eigenvalue weighted by Gasteiger charge is 2.15. The first kappa shape index (κ1) is 12.7. The summed E-state index contributed by atoms with van der Waals surface area (Å²) in [4.78, 5) is 12.2. The molecule has 0 saturated carbocycles. The molecule has 102 valence electrons. The Labute approximate surface area is 120 Å². The van der Waals surface area contributed by atoms with Gasteiger partial charge in [-0.15, -0.1) is 0 Å². The van der Waals surface area contributed by atoms with Gasteiger partial charge in [-0.25, -0.2) is 0 Å². The van der Waals surface area contributed by atoms with E-state index in [0.29, 0.717) is 17.0 Å². The summed E-state index contributed by atoms with van der Waals surface area (Å²) in [6, 6.07) is 8.96. The summed E-state index contributed by atoms with van der Waals surface area (Å²) in [5.74, 6) is 0.0751. The van der Waals surface area contributed by atoms with E-state index in [2.05, 4.69) is 5.32 Å². The van der Waals surface area contributed by atoms with Crippen LogP contribution in [-0.4, -0.2) is 5.91 Å². The first-order valence-electron chi connectivity index (χ1n) is 6.25. The predicted octanol–water partition coefficient (Wildman–Crippen LogP) is 3.57. The Morgan fingerprint density at radius 3 is 2.95 bits per heavy atom. The van der Waals surface area contributed by atoms with Gasteiger partial charge in [0, 0.05) is 11.1 Å². The molecule has 0 bridgehead atoms. The molecule has 0 spiro atoms. The van der Waals surface area contributed by atoms with Crippen LogP contribution in [0.4, 0.5) is 5.69 Å². The molecule has 2 aromatic heterocycles. The monoisotopic (exact) mass is 286 g/mol. The second kappa shape index (κ2) is 5.02. The standard InChI is InChI=1S/C15H14N2O2S/c1-9(10-4-5-20-8-10)17-15(18)14-7-11-6-12(16)2-3-13(11)19-14/h2-9H,16H2,1H3,(H,17,18). The molecule has 1 unspecified atom stereocenters. The van der Waals surface area contributed by atoms with E-state index in [4.69, 9.17) is 10.2 Å². The van der Waals surface area contributed by atoms with E-state index in [1.54, 1.807) is 35.6 Å². The van der Waals surface area contributed by atoms with Crippen LogP contribution in [0, 0.1) is 0 Å². The van der Waals surface area contributed by atoms with Crippen molar-refractivity contribution < 1.29 is 9.21 Å². The van der Waals surface area contributed by atoms with Crippen LogP contribution in [0.5, 0.6) is 0 Å². The van der Waals surface area contributed by atoms with Gasteiger partial charge in [-0.1, -0.05) is 0 Å². The second-order valence-corrected chi connectivity index (χ2v) is 5.44. The maximum absolute atomic E-state index is 12.2. The fourth-order valence-corrected chi connectivity index (χ4v) is 2.80. The number of anilines is 1. The van der Waals surface area contributed by atoms with Crippen molar-refractivity contribution in [3.05, 3.63) is 52.4 Å². The Balaban J connectivity index is 1.82. The van der Waals surface area contributed by atoms with Crippen molar-refractivity contribution in [2.24, 2.45) is 0 Å². The molecule has 1 amide bonds. The molecule has 4 nitrogen and oxygen atoms in total. The summed E-state index contributed by atoms with van der Waals surface area (Å²) >= 11 is 1.61. The fourth-order valence-electron chi connectivity index (χ4n) is 2.05. The van der Waals surface area contributed by atoms with Crippen LogP contribution in [0.25, 0.3) is 11.0 Å². The van der Waals surface area contributed by atoms with Gasteiger partial charge in [0.1, 0.15) is 5.58 Å². The van der Waals surface area contributed by atoms with E-state index in [-0.39, 0.29) is 11.9 Å². The molecular weight excluding hydrogens is 272 g/mol. The summed E-state index contributed by atoms with van der Waals surface area (Å²) < 4.78 is 5.54. The first-order chi connectivity index (χ1) is 9.63. The first-order valence-corrected chi connectivity index (χ1v) is 7.20. The number of hydrogen-bond donors (Lipinski definition) is 2. The summed E-state index contributed by atoms with van der Waals surface area (Å²) in [6.45, 7) is 1.95. The number of carbonyl (C=O) groups is 1. The second-order valence-electron chi connectivity index (χ2n) is 4.66. The van der Waals surface area contributed by atoms with Crippen molar-refractivity contribution >= 4 is 33.9 Å². The van der Waals surface area contributed by atoms with Gasteiger partial charge >= 0.3 is 0 Å². The molecule has 3 N–H and O–H groups in total. The van der Waals surface area contributed by atoms with Crippen molar-refractivity contribution in [2.45, 2.75) is 13.0 Å². The lowest BCUT2D eigenvalue weighted by Crippen LogP contribution is -2.25. The molecule has 1 aromatic carbocycles. The lowest BCUT2D eigenvalue weighted by Gasteiger charge is -2.10. The number of nitrogens with two attached hydrogens (primary N) is 1. The minimum Gasteiger partial charge on any atom is -0.451 e. The van der Waals surface area contributed by atoms with E-state index >= 15 is 0 Å². The van der Waals surface area contributed by atoms with Gasteiger partial charge < -0.3 is 15.5 Å². The third-order valence-corrected chi connectivity index (χ3v) is 3.86. The molecule has 5 heteroatoms. The largest absolute Gasteiger partial charge is 0.451 e. The minimum atomic E-state index is -0.224. The highest BCUT2D eigenvalue weighted by atomic mass is 32.1. The molecule has 0 saturated heterocycles. The normalized spacial score (nSPS) is 12.4. The predicted molar refractivity (Wildman–Crippen MR) is 80.8 cm³/mol. The summed E-state index contributed by atoms with van der Waals surface area (Å²) in [5.41, 5.74) is 8.11. The van der Waals surface area contributed by atoms with Gasteiger partial charge in [0.25, 0.3) is 5.91 Å². The molecule has 20 heavy (non-hydrogen) atoms. The summed E-state index contributed by atoms with van der Waals surface area (Å²) in [6.07, 6.45) is 0. The van der Waals surface area contributed by atoms with Crippen LogP contribution < -0.4 is 11.1 Å². The van der Waals surface area contributed by atoms with Gasteiger partial charge in [-0.2, -0.15) is 11.3 Å². The Morgan fingerprint density at radius 1 is 1.35 bits per heavy atom. The fraction of sp³-hybridized carbons (Fsp3) is 0.133. The van der Waals surface area contributed by atoms with E-state index in [0.717, 1.165) is 10.9 Å². The lowest BCUT2D eigenvalue weighted by molar-refractivity contribution is 0.0914. The van der Waals surface area contributed by atoms with Crippen LogP contribution in [0.2, 0.25) is 0 Å². The topological polar surface area (TPSA) is 68.3 Å². The SMILES string of the molecule is CC(NC(=O)c1cc2cc(N)ccc2o1)c1ccsc1. The van der Waals surface area contributed by atoms with Gasteiger partial charge in [0.05, 0.1) is 6.04 Å². The lowest BCUT2D eigenvalue weighted by atomic mass is 10.2.